The summed E-state index contributed by atoms with van der Waals surface area (Å²) in [5.74, 6) is 1.23. The topological polar surface area (TPSA) is 73.1 Å². The van der Waals surface area contributed by atoms with Crippen LogP contribution in [0.3, 0.4) is 0 Å². The number of amides is 1. The summed E-state index contributed by atoms with van der Waals surface area (Å²) in [6.07, 6.45) is 7.31. The highest BCUT2D eigenvalue weighted by atomic mass is 16.2. The van der Waals surface area contributed by atoms with E-state index in [2.05, 4.69) is 20.9 Å². The van der Waals surface area contributed by atoms with Gasteiger partial charge in [-0.3, -0.25) is 9.78 Å². The Hall–Kier alpha value is -2.94. The van der Waals surface area contributed by atoms with Crippen LogP contribution in [-0.2, 0) is 11.3 Å². The van der Waals surface area contributed by atoms with E-state index in [0.717, 1.165) is 61.5 Å². The van der Waals surface area contributed by atoms with E-state index >= 15 is 0 Å². The number of nitriles is 1. The van der Waals surface area contributed by atoms with Crippen molar-refractivity contribution in [2.75, 3.05) is 24.5 Å². The van der Waals surface area contributed by atoms with E-state index in [1.165, 1.54) is 0 Å². The molecule has 2 aromatic rings. The molecule has 0 aliphatic carbocycles. The third kappa shape index (κ3) is 3.95. The molecule has 2 aliphatic rings. The van der Waals surface area contributed by atoms with Crippen molar-refractivity contribution in [1.82, 2.24) is 14.9 Å². The van der Waals surface area contributed by atoms with Gasteiger partial charge in [-0.05, 0) is 67.9 Å². The molecule has 0 aromatic carbocycles. The molecule has 2 fully saturated rings. The molecule has 2 saturated heterocycles. The predicted molar refractivity (Wildman–Crippen MR) is 111 cm³/mol. The lowest BCUT2D eigenvalue weighted by molar-refractivity contribution is -0.139. The van der Waals surface area contributed by atoms with Crippen LogP contribution < -0.4 is 4.90 Å². The first-order chi connectivity index (χ1) is 14.0. The Morgan fingerprint density at radius 1 is 1.17 bits per heavy atom. The first-order valence-corrected chi connectivity index (χ1v) is 10.3. The van der Waals surface area contributed by atoms with Crippen LogP contribution >= 0.6 is 0 Å². The second-order valence-corrected chi connectivity index (χ2v) is 8.46. The molecule has 1 spiro atoms. The van der Waals surface area contributed by atoms with E-state index in [1.807, 2.05) is 36.9 Å². The fraction of sp³-hybridized carbons (Fsp3) is 0.478. The fourth-order valence-electron chi connectivity index (χ4n) is 4.72. The van der Waals surface area contributed by atoms with Crippen LogP contribution in [0.4, 0.5) is 5.82 Å². The molecule has 6 heteroatoms. The Morgan fingerprint density at radius 2 is 1.90 bits per heavy atom. The number of hydrogen-bond acceptors (Lipinski definition) is 5. The van der Waals surface area contributed by atoms with Gasteiger partial charge >= 0.3 is 0 Å². The zero-order valence-electron chi connectivity index (χ0n) is 17.2. The molecule has 6 nitrogen and oxygen atoms in total. The molecule has 0 N–H and O–H groups in total. The maximum absolute atomic E-state index is 12.5. The number of aromatic nitrogens is 2. The van der Waals surface area contributed by atoms with Crippen LogP contribution in [0.15, 0.2) is 30.6 Å². The Morgan fingerprint density at radius 3 is 2.55 bits per heavy atom. The molecule has 0 unspecified atom stereocenters. The number of pyridine rings is 2. The van der Waals surface area contributed by atoms with E-state index < -0.39 is 0 Å². The van der Waals surface area contributed by atoms with E-state index in [4.69, 9.17) is 0 Å². The molecule has 29 heavy (non-hydrogen) atoms. The molecular formula is C23H27N5O. The molecule has 0 radical (unpaired) electrons. The standard InChI is InChI=1S/C23H27N5O/c1-17-13-21(26-18(2)20(17)14-24)27-11-7-23(8-12-27)6-3-22(29)28(16-23)15-19-4-9-25-10-5-19/h4-5,9-10,13H,3,6-8,11-12,15-16H2,1-2H3. The summed E-state index contributed by atoms with van der Waals surface area (Å²) in [4.78, 5) is 25.6. The molecule has 1 amide bonds. The Labute approximate surface area is 172 Å². The smallest absolute Gasteiger partial charge is 0.222 e. The van der Waals surface area contributed by atoms with Crippen molar-refractivity contribution in [3.05, 3.63) is 53.0 Å². The maximum atomic E-state index is 12.5. The van der Waals surface area contributed by atoms with Crippen molar-refractivity contribution in [1.29, 1.82) is 5.26 Å². The molecule has 2 aromatic heterocycles. The minimum absolute atomic E-state index is 0.203. The van der Waals surface area contributed by atoms with Crippen LogP contribution in [0.1, 0.15) is 48.1 Å². The number of carbonyl (C=O) groups is 1. The monoisotopic (exact) mass is 389 g/mol. The second kappa shape index (κ2) is 7.82. The minimum atomic E-state index is 0.203. The van der Waals surface area contributed by atoms with Gasteiger partial charge in [0, 0.05) is 45.0 Å². The zero-order chi connectivity index (χ0) is 20.4. The quantitative estimate of drug-likeness (QED) is 0.805. The van der Waals surface area contributed by atoms with Crippen LogP contribution in [0.25, 0.3) is 0 Å². The molecule has 0 atom stereocenters. The first kappa shape index (κ1) is 19.4. The summed E-state index contributed by atoms with van der Waals surface area (Å²) in [6.45, 7) is 7.27. The van der Waals surface area contributed by atoms with Crippen molar-refractivity contribution in [3.63, 3.8) is 0 Å². The Balaban J connectivity index is 1.44. The van der Waals surface area contributed by atoms with Crippen LogP contribution in [0.2, 0.25) is 0 Å². The number of hydrogen-bond donors (Lipinski definition) is 0. The highest BCUT2D eigenvalue weighted by Crippen LogP contribution is 2.41. The lowest BCUT2D eigenvalue weighted by Crippen LogP contribution is -2.51. The lowest BCUT2D eigenvalue weighted by Gasteiger charge is -2.47. The summed E-state index contributed by atoms with van der Waals surface area (Å²) in [7, 11) is 0. The van der Waals surface area contributed by atoms with Gasteiger partial charge in [-0.15, -0.1) is 0 Å². The number of nitrogens with zero attached hydrogens (tertiary/aromatic N) is 5. The summed E-state index contributed by atoms with van der Waals surface area (Å²) >= 11 is 0. The number of anilines is 1. The largest absolute Gasteiger partial charge is 0.357 e. The van der Waals surface area contributed by atoms with Crippen LogP contribution in [0, 0.1) is 30.6 Å². The number of rotatable bonds is 3. The summed E-state index contributed by atoms with van der Waals surface area (Å²) in [6, 6.07) is 8.25. The lowest BCUT2D eigenvalue weighted by atomic mass is 9.72. The number of likely N-dealkylation sites (tertiary alicyclic amines) is 1. The van der Waals surface area contributed by atoms with Crippen molar-refractivity contribution in [2.45, 2.75) is 46.1 Å². The third-order valence-corrected chi connectivity index (χ3v) is 6.51. The molecule has 2 aliphatic heterocycles. The van der Waals surface area contributed by atoms with Gasteiger partial charge in [0.15, 0.2) is 0 Å². The molecule has 4 rings (SSSR count). The second-order valence-electron chi connectivity index (χ2n) is 8.46. The highest BCUT2D eigenvalue weighted by molar-refractivity contribution is 5.77. The van der Waals surface area contributed by atoms with Gasteiger partial charge in [-0.25, -0.2) is 4.98 Å². The zero-order valence-corrected chi connectivity index (χ0v) is 17.2. The fourth-order valence-corrected chi connectivity index (χ4v) is 4.72. The van der Waals surface area contributed by atoms with Crippen molar-refractivity contribution in [3.8, 4) is 6.07 Å². The SMILES string of the molecule is Cc1cc(N2CCC3(CCC(=O)N(Cc4ccncc4)C3)CC2)nc(C)c1C#N. The van der Waals surface area contributed by atoms with Gasteiger partial charge in [0.2, 0.25) is 5.91 Å². The number of carbonyl (C=O) groups excluding carboxylic acids is 1. The van der Waals surface area contributed by atoms with E-state index in [-0.39, 0.29) is 11.3 Å². The molecule has 0 bridgehead atoms. The van der Waals surface area contributed by atoms with Gasteiger partial charge in [0.05, 0.1) is 11.3 Å². The molecule has 150 valence electrons. The minimum Gasteiger partial charge on any atom is -0.357 e. The molecule has 4 heterocycles. The normalized spacial score (nSPS) is 18.7. The van der Waals surface area contributed by atoms with Gasteiger partial charge in [0.25, 0.3) is 0 Å². The molecular weight excluding hydrogens is 362 g/mol. The van der Waals surface area contributed by atoms with E-state index in [1.54, 1.807) is 12.4 Å². The van der Waals surface area contributed by atoms with Crippen LogP contribution in [-0.4, -0.2) is 40.4 Å². The van der Waals surface area contributed by atoms with Crippen molar-refractivity contribution >= 4 is 11.7 Å². The number of aryl methyl sites for hydroxylation is 2. The average molecular weight is 390 g/mol. The number of piperidine rings is 2. The van der Waals surface area contributed by atoms with Crippen LogP contribution in [0.5, 0.6) is 0 Å². The maximum Gasteiger partial charge on any atom is 0.222 e. The van der Waals surface area contributed by atoms with Gasteiger partial charge in [-0.2, -0.15) is 5.26 Å². The Bertz CT molecular complexity index is 918. The summed E-state index contributed by atoms with van der Waals surface area (Å²) < 4.78 is 0. The molecule has 0 saturated carbocycles. The average Bonchev–Trinajstić information content (AvgIpc) is 2.72. The van der Waals surface area contributed by atoms with Crippen molar-refractivity contribution in [2.24, 2.45) is 5.41 Å². The highest BCUT2D eigenvalue weighted by Gasteiger charge is 2.41. The third-order valence-electron chi connectivity index (χ3n) is 6.51. The van der Waals surface area contributed by atoms with Gasteiger partial charge < -0.3 is 9.80 Å². The summed E-state index contributed by atoms with van der Waals surface area (Å²) in [5.41, 5.74) is 3.81. The summed E-state index contributed by atoms with van der Waals surface area (Å²) in [5, 5.41) is 9.28. The first-order valence-electron chi connectivity index (χ1n) is 10.3. The van der Waals surface area contributed by atoms with Crippen molar-refractivity contribution < 1.29 is 4.79 Å². The van der Waals surface area contributed by atoms with E-state index in [9.17, 15) is 10.1 Å². The predicted octanol–water partition coefficient (Wildman–Crippen LogP) is 3.37. The van der Waals surface area contributed by atoms with E-state index in [0.29, 0.717) is 18.5 Å². The Kier molecular flexibility index (Phi) is 5.23. The van der Waals surface area contributed by atoms with Gasteiger partial charge in [0.1, 0.15) is 11.9 Å². The van der Waals surface area contributed by atoms with Gasteiger partial charge in [-0.1, -0.05) is 0 Å².